The van der Waals surface area contributed by atoms with Gasteiger partial charge >= 0.3 is 0 Å². The fourth-order valence-corrected chi connectivity index (χ4v) is 3.86. The van der Waals surface area contributed by atoms with Gasteiger partial charge in [0.15, 0.2) is 6.54 Å². The molecule has 0 bridgehead atoms. The van der Waals surface area contributed by atoms with Crippen molar-refractivity contribution in [3.8, 4) is 17.2 Å². The predicted octanol–water partition coefficient (Wildman–Crippen LogP) is 2.46. The van der Waals surface area contributed by atoms with Gasteiger partial charge in [-0.15, -0.1) is 0 Å². The summed E-state index contributed by atoms with van der Waals surface area (Å²) in [5.41, 5.74) is 1.84. The molecule has 28 heavy (non-hydrogen) atoms. The first-order chi connectivity index (χ1) is 13.7. The topological polar surface area (TPSA) is 61.2 Å². The Bertz CT molecular complexity index is 809. The summed E-state index contributed by atoms with van der Waals surface area (Å²) in [7, 11) is 3.32. The van der Waals surface area contributed by atoms with E-state index >= 15 is 0 Å². The van der Waals surface area contributed by atoms with Gasteiger partial charge in [-0.05, 0) is 31.2 Å². The minimum Gasteiger partial charge on any atom is -0.497 e. The quantitative estimate of drug-likeness (QED) is 0.733. The van der Waals surface area contributed by atoms with E-state index in [1.165, 1.54) is 4.90 Å². The van der Waals surface area contributed by atoms with E-state index in [1.54, 1.807) is 14.2 Å². The Morgan fingerprint density at radius 2 is 1.96 bits per heavy atom. The second-order valence-corrected chi connectivity index (χ2v) is 6.87. The maximum Gasteiger partial charge on any atom is 0.279 e. The summed E-state index contributed by atoms with van der Waals surface area (Å²) in [5.74, 6) is 2.26. The van der Waals surface area contributed by atoms with E-state index < -0.39 is 0 Å². The lowest BCUT2D eigenvalue weighted by Crippen LogP contribution is -3.11. The highest BCUT2D eigenvalue weighted by Crippen LogP contribution is 2.31. The Kier molecular flexibility index (Phi) is 6.76. The molecular formula is C22H29N2O4+. The molecule has 2 atom stereocenters. The smallest absolute Gasteiger partial charge is 0.279 e. The minimum atomic E-state index is -0.0125. The lowest BCUT2D eigenvalue weighted by Gasteiger charge is -2.23. The molecule has 6 nitrogen and oxygen atoms in total. The third-order valence-corrected chi connectivity index (χ3v) is 5.15. The second-order valence-electron chi connectivity index (χ2n) is 6.87. The van der Waals surface area contributed by atoms with Crippen LogP contribution in [0.15, 0.2) is 42.5 Å². The molecule has 0 aliphatic carbocycles. The van der Waals surface area contributed by atoms with Gasteiger partial charge in [-0.1, -0.05) is 12.1 Å². The van der Waals surface area contributed by atoms with Gasteiger partial charge in [-0.2, -0.15) is 0 Å². The number of benzene rings is 2. The zero-order chi connectivity index (χ0) is 19.9. The number of carbonyl (C=O) groups is 1. The Balaban J connectivity index is 1.71. The summed E-state index contributed by atoms with van der Waals surface area (Å²) < 4.78 is 16.5. The molecule has 1 heterocycles. The van der Waals surface area contributed by atoms with Crippen molar-refractivity contribution in [2.24, 2.45) is 0 Å². The van der Waals surface area contributed by atoms with Crippen LogP contribution in [0.25, 0.3) is 0 Å². The van der Waals surface area contributed by atoms with E-state index in [9.17, 15) is 4.79 Å². The zero-order valence-electron chi connectivity index (χ0n) is 16.8. The van der Waals surface area contributed by atoms with Crippen LogP contribution in [-0.2, 0) is 4.79 Å². The first-order valence-corrected chi connectivity index (χ1v) is 9.74. The predicted molar refractivity (Wildman–Crippen MR) is 108 cm³/mol. The molecule has 2 aromatic rings. The number of para-hydroxylation sites is 2. The molecule has 1 saturated heterocycles. The number of hydrogen-bond acceptors (Lipinski definition) is 4. The van der Waals surface area contributed by atoms with Crippen molar-refractivity contribution < 1.29 is 23.9 Å². The van der Waals surface area contributed by atoms with Crippen LogP contribution < -0.4 is 24.4 Å². The van der Waals surface area contributed by atoms with Crippen molar-refractivity contribution in [2.45, 2.75) is 25.8 Å². The standard InChI is InChI=1S/C22H28N2O4/c1-4-28-20-10-6-5-8-18(20)23-22(25)15-24-13-7-9-19(24)17-12-11-16(26-2)14-21(17)27-3/h5-6,8,10-12,14,19H,4,7,9,13,15H2,1-3H3,(H,23,25)/p+1/t19-/m0/s1. The average molecular weight is 385 g/mol. The van der Waals surface area contributed by atoms with Crippen molar-refractivity contribution in [2.75, 3.05) is 39.2 Å². The van der Waals surface area contributed by atoms with Crippen LogP contribution in [0.2, 0.25) is 0 Å². The van der Waals surface area contributed by atoms with E-state index in [2.05, 4.69) is 11.4 Å². The number of rotatable bonds is 8. The van der Waals surface area contributed by atoms with E-state index in [0.717, 1.165) is 36.4 Å². The van der Waals surface area contributed by atoms with Crippen molar-refractivity contribution in [3.05, 3.63) is 48.0 Å². The monoisotopic (exact) mass is 385 g/mol. The maximum absolute atomic E-state index is 12.7. The SMILES string of the molecule is CCOc1ccccc1NC(=O)C[NH+]1CCC[C@H]1c1ccc(OC)cc1OC. The third kappa shape index (κ3) is 4.57. The van der Waals surface area contributed by atoms with Crippen molar-refractivity contribution in [1.29, 1.82) is 0 Å². The van der Waals surface area contributed by atoms with Crippen LogP contribution in [0, 0.1) is 0 Å². The van der Waals surface area contributed by atoms with Gasteiger partial charge in [-0.25, -0.2) is 0 Å². The molecule has 150 valence electrons. The minimum absolute atomic E-state index is 0.0125. The molecule has 1 aliphatic heterocycles. The molecule has 6 heteroatoms. The lowest BCUT2D eigenvalue weighted by atomic mass is 10.0. The summed E-state index contributed by atoms with van der Waals surface area (Å²) >= 11 is 0. The van der Waals surface area contributed by atoms with Crippen LogP contribution in [-0.4, -0.2) is 39.8 Å². The maximum atomic E-state index is 12.7. The normalized spacial score (nSPS) is 18.5. The lowest BCUT2D eigenvalue weighted by molar-refractivity contribution is -0.910. The Morgan fingerprint density at radius 3 is 2.71 bits per heavy atom. The molecule has 0 radical (unpaired) electrons. The average Bonchev–Trinajstić information content (AvgIpc) is 3.16. The van der Waals surface area contributed by atoms with Crippen molar-refractivity contribution in [1.82, 2.24) is 0 Å². The van der Waals surface area contributed by atoms with Gasteiger partial charge < -0.3 is 24.4 Å². The highest BCUT2D eigenvalue weighted by Gasteiger charge is 2.33. The van der Waals surface area contributed by atoms with E-state index in [-0.39, 0.29) is 11.9 Å². The Morgan fingerprint density at radius 1 is 1.14 bits per heavy atom. The van der Waals surface area contributed by atoms with E-state index in [0.29, 0.717) is 24.6 Å². The van der Waals surface area contributed by atoms with Crippen LogP contribution in [0.4, 0.5) is 5.69 Å². The van der Waals surface area contributed by atoms with Gasteiger partial charge in [-0.3, -0.25) is 4.79 Å². The fourth-order valence-electron chi connectivity index (χ4n) is 3.86. The molecular weight excluding hydrogens is 356 g/mol. The van der Waals surface area contributed by atoms with E-state index in [4.69, 9.17) is 14.2 Å². The van der Waals surface area contributed by atoms with Crippen LogP contribution in [0.5, 0.6) is 17.2 Å². The number of anilines is 1. The van der Waals surface area contributed by atoms with Crippen molar-refractivity contribution >= 4 is 11.6 Å². The first kappa shape index (κ1) is 20.0. The third-order valence-electron chi connectivity index (χ3n) is 5.15. The molecule has 1 aliphatic rings. The fraction of sp³-hybridized carbons (Fsp3) is 0.409. The summed E-state index contributed by atoms with van der Waals surface area (Å²) in [6.07, 6.45) is 2.11. The first-order valence-electron chi connectivity index (χ1n) is 9.74. The largest absolute Gasteiger partial charge is 0.497 e. The summed E-state index contributed by atoms with van der Waals surface area (Å²) in [5, 5.41) is 3.01. The molecule has 1 amide bonds. The van der Waals surface area contributed by atoms with Gasteiger partial charge in [0.1, 0.15) is 23.3 Å². The Hall–Kier alpha value is -2.73. The van der Waals surface area contributed by atoms with Gasteiger partial charge in [0.05, 0.1) is 38.6 Å². The van der Waals surface area contributed by atoms with Gasteiger partial charge in [0, 0.05) is 18.9 Å². The highest BCUT2D eigenvalue weighted by molar-refractivity contribution is 5.92. The number of amides is 1. The summed E-state index contributed by atoms with van der Waals surface area (Å²) in [6.45, 7) is 3.85. The number of methoxy groups -OCH3 is 2. The number of likely N-dealkylation sites (tertiary alicyclic amines) is 1. The Labute approximate surface area is 166 Å². The molecule has 2 aromatic carbocycles. The van der Waals surface area contributed by atoms with Gasteiger partial charge in [0.25, 0.3) is 5.91 Å². The molecule has 1 unspecified atom stereocenters. The molecule has 0 spiro atoms. The van der Waals surface area contributed by atoms with Crippen LogP contribution in [0.1, 0.15) is 31.4 Å². The summed E-state index contributed by atoms with van der Waals surface area (Å²) in [4.78, 5) is 14.0. The summed E-state index contributed by atoms with van der Waals surface area (Å²) in [6, 6.07) is 13.7. The number of nitrogens with one attached hydrogen (secondary N) is 2. The van der Waals surface area contributed by atoms with Crippen LogP contribution >= 0.6 is 0 Å². The molecule has 3 rings (SSSR count). The molecule has 0 saturated carbocycles. The molecule has 2 N–H and O–H groups in total. The molecule has 0 aromatic heterocycles. The number of ether oxygens (including phenoxy) is 3. The van der Waals surface area contributed by atoms with Crippen molar-refractivity contribution in [3.63, 3.8) is 0 Å². The molecule has 1 fully saturated rings. The number of quaternary nitrogens is 1. The highest BCUT2D eigenvalue weighted by atomic mass is 16.5. The second kappa shape index (κ2) is 9.46. The van der Waals surface area contributed by atoms with Crippen LogP contribution in [0.3, 0.4) is 0 Å². The number of carbonyl (C=O) groups excluding carboxylic acids is 1. The zero-order valence-corrected chi connectivity index (χ0v) is 16.8. The van der Waals surface area contributed by atoms with Gasteiger partial charge in [0.2, 0.25) is 0 Å². The van der Waals surface area contributed by atoms with E-state index in [1.807, 2.05) is 43.3 Å². The number of hydrogen-bond donors (Lipinski definition) is 2.